The molecular weight excluding hydrogens is 390 g/mol. The van der Waals surface area contributed by atoms with Crippen molar-refractivity contribution in [3.8, 4) is 11.8 Å². The lowest BCUT2D eigenvalue weighted by atomic mass is 10.1. The predicted octanol–water partition coefficient (Wildman–Crippen LogP) is 4.04. The zero-order chi connectivity index (χ0) is 19.7. The van der Waals surface area contributed by atoms with Gasteiger partial charge in [0.1, 0.15) is 16.9 Å². The van der Waals surface area contributed by atoms with Gasteiger partial charge in [-0.1, -0.05) is 29.5 Å². The Bertz CT molecular complexity index is 1080. The highest BCUT2D eigenvalue weighted by Gasteiger charge is 2.23. The summed E-state index contributed by atoms with van der Waals surface area (Å²) in [6.45, 7) is 3.93. The maximum absolute atomic E-state index is 12.5. The average Bonchev–Trinajstić information content (AvgIpc) is 3.35. The minimum atomic E-state index is -0.141. The van der Waals surface area contributed by atoms with Gasteiger partial charge in [-0.3, -0.25) is 9.36 Å². The van der Waals surface area contributed by atoms with E-state index in [1.54, 1.807) is 0 Å². The van der Waals surface area contributed by atoms with Crippen LogP contribution in [0.1, 0.15) is 33.8 Å². The van der Waals surface area contributed by atoms with Crippen molar-refractivity contribution in [3.05, 3.63) is 51.7 Å². The Balaban J connectivity index is 1.47. The Kier molecular flexibility index (Phi) is 5.20. The number of amides is 1. The van der Waals surface area contributed by atoms with Gasteiger partial charge in [0.2, 0.25) is 5.91 Å². The molecule has 2 aromatic heterocycles. The molecule has 0 fully saturated rings. The molecule has 28 heavy (non-hydrogen) atoms. The lowest BCUT2D eigenvalue weighted by Crippen LogP contribution is -2.14. The molecule has 1 aliphatic carbocycles. The molecule has 1 aromatic carbocycles. The van der Waals surface area contributed by atoms with E-state index in [1.165, 1.54) is 33.5 Å². The number of carbonyl (C=O) groups excluding carboxylic acids is 1. The number of hydrogen-bond donors (Lipinski definition) is 1. The van der Waals surface area contributed by atoms with Gasteiger partial charge in [-0.05, 0) is 50.8 Å². The molecule has 0 saturated heterocycles. The number of nitrogens with one attached hydrogen (secondary N) is 1. The van der Waals surface area contributed by atoms with E-state index >= 15 is 0 Å². The molecule has 1 N–H and O–H groups in total. The quantitative estimate of drug-likeness (QED) is 0.643. The van der Waals surface area contributed by atoms with Crippen LogP contribution in [0, 0.1) is 25.2 Å². The third-order valence-electron chi connectivity index (χ3n) is 4.71. The number of benzene rings is 1. The van der Waals surface area contributed by atoms with E-state index in [0.717, 1.165) is 36.3 Å². The molecule has 0 spiro atoms. The third-order valence-corrected chi connectivity index (χ3v) is 6.84. The fraction of sp³-hybridized carbons (Fsp3) is 0.300. The van der Waals surface area contributed by atoms with E-state index < -0.39 is 0 Å². The van der Waals surface area contributed by atoms with Gasteiger partial charge in [0, 0.05) is 10.6 Å². The molecule has 4 rings (SSSR count). The van der Waals surface area contributed by atoms with Crippen LogP contribution >= 0.6 is 23.1 Å². The monoisotopic (exact) mass is 409 g/mol. The van der Waals surface area contributed by atoms with E-state index in [4.69, 9.17) is 0 Å². The highest BCUT2D eigenvalue weighted by atomic mass is 32.2. The summed E-state index contributed by atoms with van der Waals surface area (Å²) in [5.41, 5.74) is 3.90. The van der Waals surface area contributed by atoms with Crippen molar-refractivity contribution in [2.45, 2.75) is 38.3 Å². The van der Waals surface area contributed by atoms with E-state index in [9.17, 15) is 10.1 Å². The largest absolute Gasteiger partial charge is 0.316 e. The van der Waals surface area contributed by atoms with Crippen molar-refractivity contribution in [1.29, 1.82) is 5.26 Å². The number of hydrogen-bond acceptors (Lipinski definition) is 6. The molecule has 8 heteroatoms. The maximum atomic E-state index is 12.5. The van der Waals surface area contributed by atoms with Gasteiger partial charge in [-0.15, -0.1) is 21.5 Å². The Morgan fingerprint density at radius 1 is 1.29 bits per heavy atom. The summed E-state index contributed by atoms with van der Waals surface area (Å²) in [5, 5.41) is 22.1. The van der Waals surface area contributed by atoms with Gasteiger partial charge in [-0.25, -0.2) is 0 Å². The predicted molar refractivity (Wildman–Crippen MR) is 111 cm³/mol. The highest BCUT2D eigenvalue weighted by molar-refractivity contribution is 7.99. The number of thioether (sulfide) groups is 1. The topological polar surface area (TPSA) is 83.6 Å². The normalized spacial score (nSPS) is 12.6. The molecule has 6 nitrogen and oxygen atoms in total. The molecule has 1 amide bonds. The van der Waals surface area contributed by atoms with Crippen LogP contribution in [0.4, 0.5) is 5.00 Å². The van der Waals surface area contributed by atoms with E-state index in [1.807, 2.05) is 42.7 Å². The molecule has 0 atom stereocenters. The van der Waals surface area contributed by atoms with E-state index in [-0.39, 0.29) is 11.7 Å². The van der Waals surface area contributed by atoms with Crippen LogP contribution in [-0.4, -0.2) is 26.4 Å². The van der Waals surface area contributed by atoms with Crippen LogP contribution < -0.4 is 5.32 Å². The molecule has 0 bridgehead atoms. The zero-order valence-electron chi connectivity index (χ0n) is 15.7. The molecule has 0 radical (unpaired) electrons. The summed E-state index contributed by atoms with van der Waals surface area (Å²) in [4.78, 5) is 13.7. The summed E-state index contributed by atoms with van der Waals surface area (Å²) in [6, 6.07) is 10.4. The summed E-state index contributed by atoms with van der Waals surface area (Å²) in [7, 11) is 0. The van der Waals surface area contributed by atoms with Gasteiger partial charge >= 0.3 is 0 Å². The van der Waals surface area contributed by atoms with Crippen LogP contribution in [0.15, 0.2) is 29.4 Å². The van der Waals surface area contributed by atoms with Crippen LogP contribution in [0.5, 0.6) is 0 Å². The van der Waals surface area contributed by atoms with Gasteiger partial charge in [0.05, 0.1) is 11.3 Å². The Morgan fingerprint density at radius 2 is 2.07 bits per heavy atom. The fourth-order valence-electron chi connectivity index (χ4n) is 3.33. The molecule has 0 aliphatic heterocycles. The second-order valence-corrected chi connectivity index (χ2v) is 8.76. The van der Waals surface area contributed by atoms with Crippen molar-refractivity contribution in [2.24, 2.45) is 0 Å². The number of nitrogens with zero attached hydrogens (tertiary/aromatic N) is 4. The first kappa shape index (κ1) is 18.7. The number of aromatic nitrogens is 3. The molecule has 2 heterocycles. The van der Waals surface area contributed by atoms with Gasteiger partial charge < -0.3 is 5.32 Å². The first-order valence-electron chi connectivity index (χ1n) is 9.03. The molecular formula is C20H19N5OS2. The minimum absolute atomic E-state index is 0.141. The van der Waals surface area contributed by atoms with Crippen LogP contribution in [0.3, 0.4) is 0 Å². The number of nitriles is 1. The molecule has 0 saturated carbocycles. The van der Waals surface area contributed by atoms with Crippen molar-refractivity contribution >= 4 is 34.0 Å². The number of thiophene rings is 1. The van der Waals surface area contributed by atoms with Gasteiger partial charge in [-0.2, -0.15) is 5.26 Å². The minimum Gasteiger partial charge on any atom is -0.316 e. The molecule has 0 unspecified atom stereocenters. The van der Waals surface area contributed by atoms with Gasteiger partial charge in [0.15, 0.2) is 5.16 Å². The van der Waals surface area contributed by atoms with Crippen molar-refractivity contribution in [3.63, 3.8) is 0 Å². The van der Waals surface area contributed by atoms with E-state index in [0.29, 0.717) is 15.7 Å². The third kappa shape index (κ3) is 3.55. The second-order valence-electron chi connectivity index (χ2n) is 6.71. The van der Waals surface area contributed by atoms with Gasteiger partial charge in [0.25, 0.3) is 0 Å². The summed E-state index contributed by atoms with van der Waals surface area (Å²) in [5.74, 6) is 0.836. The average molecular weight is 410 g/mol. The number of rotatable bonds is 5. The highest BCUT2D eigenvalue weighted by Crippen LogP contribution is 2.38. The number of aryl methyl sites for hydroxylation is 3. The van der Waals surface area contributed by atoms with Crippen LogP contribution in [0.25, 0.3) is 5.69 Å². The SMILES string of the molecule is Cc1ccc(-n2c(C)nnc2SCC(=O)Nc2sc3c(c2C#N)CCC3)cc1. The Morgan fingerprint density at radius 3 is 2.82 bits per heavy atom. The first-order valence-corrected chi connectivity index (χ1v) is 10.8. The van der Waals surface area contributed by atoms with Crippen molar-refractivity contribution in [2.75, 3.05) is 11.1 Å². The zero-order valence-corrected chi connectivity index (χ0v) is 17.3. The Labute approximate surface area is 171 Å². The molecule has 3 aromatic rings. The Hall–Kier alpha value is -2.63. The van der Waals surface area contributed by atoms with Crippen molar-refractivity contribution < 1.29 is 4.79 Å². The summed E-state index contributed by atoms with van der Waals surface area (Å²) >= 11 is 2.87. The standard InChI is InChI=1S/C20H19N5OS2/c1-12-6-8-14(9-7-12)25-13(2)23-24-20(25)27-11-18(26)22-19-16(10-21)15-4-3-5-17(15)28-19/h6-9H,3-5,11H2,1-2H3,(H,22,26). The smallest absolute Gasteiger partial charge is 0.235 e. The lowest BCUT2D eigenvalue weighted by Gasteiger charge is -2.09. The number of fused-ring (bicyclic) bond motifs is 1. The first-order chi connectivity index (χ1) is 13.6. The number of carbonyl (C=O) groups is 1. The fourth-order valence-corrected chi connectivity index (χ4v) is 5.38. The number of anilines is 1. The molecule has 142 valence electrons. The van der Waals surface area contributed by atoms with Crippen LogP contribution in [0.2, 0.25) is 0 Å². The lowest BCUT2D eigenvalue weighted by molar-refractivity contribution is -0.113. The maximum Gasteiger partial charge on any atom is 0.235 e. The summed E-state index contributed by atoms with van der Waals surface area (Å²) in [6.07, 6.45) is 3.02. The molecule has 1 aliphatic rings. The van der Waals surface area contributed by atoms with Crippen LogP contribution in [-0.2, 0) is 17.6 Å². The second kappa shape index (κ2) is 7.78. The van der Waals surface area contributed by atoms with Crippen molar-refractivity contribution in [1.82, 2.24) is 14.8 Å². The summed E-state index contributed by atoms with van der Waals surface area (Å²) < 4.78 is 1.94. The van der Waals surface area contributed by atoms with E-state index in [2.05, 4.69) is 21.6 Å².